The Bertz CT molecular complexity index is 560. The van der Waals surface area contributed by atoms with Crippen LogP contribution in [-0.2, 0) is 0 Å². The lowest BCUT2D eigenvalue weighted by Crippen LogP contribution is -2.13. The number of rotatable bonds is 2. The molecule has 0 saturated carbocycles. The van der Waals surface area contributed by atoms with Gasteiger partial charge in [0, 0.05) is 0 Å². The Hall–Kier alpha value is -1.94. The zero-order valence-electron chi connectivity index (χ0n) is 8.65. The van der Waals surface area contributed by atoms with Gasteiger partial charge in [-0.15, -0.1) is 0 Å². The number of benzene rings is 1. The van der Waals surface area contributed by atoms with Crippen LogP contribution in [0, 0.1) is 5.95 Å². The summed E-state index contributed by atoms with van der Waals surface area (Å²) in [7, 11) is 0. The molecule has 0 saturated heterocycles. The van der Waals surface area contributed by atoms with E-state index in [2.05, 4.69) is 10.3 Å². The van der Waals surface area contributed by atoms with Gasteiger partial charge in [-0.3, -0.25) is 4.79 Å². The Morgan fingerprint density at radius 3 is 2.65 bits per heavy atom. The number of pyridine rings is 1. The number of carbonyl (C=O) groups is 1. The Morgan fingerprint density at radius 1 is 1.18 bits per heavy atom. The average molecular weight is 251 g/mol. The number of aromatic nitrogens is 1. The maximum atomic E-state index is 12.8. The zero-order chi connectivity index (χ0) is 12.3. The van der Waals surface area contributed by atoms with E-state index in [0.717, 1.165) is 0 Å². The molecule has 0 atom stereocenters. The van der Waals surface area contributed by atoms with Crippen LogP contribution in [0.4, 0.5) is 10.2 Å². The highest BCUT2D eigenvalue weighted by molar-refractivity contribution is 6.34. The molecule has 0 bridgehead atoms. The van der Waals surface area contributed by atoms with Crippen molar-refractivity contribution >= 4 is 23.3 Å². The van der Waals surface area contributed by atoms with Crippen LogP contribution in [-0.4, -0.2) is 10.9 Å². The SMILES string of the molecule is O=C(Nc1cccc(F)n1)c1ccccc1Cl. The van der Waals surface area contributed by atoms with Gasteiger partial charge in [-0.25, -0.2) is 4.98 Å². The number of nitrogens with one attached hydrogen (secondary N) is 1. The second-order valence-electron chi connectivity index (χ2n) is 3.28. The van der Waals surface area contributed by atoms with E-state index in [1.54, 1.807) is 24.3 Å². The van der Waals surface area contributed by atoms with E-state index in [1.165, 1.54) is 18.2 Å². The lowest BCUT2D eigenvalue weighted by Gasteiger charge is -2.05. The number of hydrogen-bond acceptors (Lipinski definition) is 2. The van der Waals surface area contributed by atoms with Crippen LogP contribution in [0.2, 0.25) is 5.02 Å². The van der Waals surface area contributed by atoms with Gasteiger partial charge in [0.1, 0.15) is 5.82 Å². The van der Waals surface area contributed by atoms with Crippen molar-refractivity contribution in [2.75, 3.05) is 5.32 Å². The molecule has 1 heterocycles. The summed E-state index contributed by atoms with van der Waals surface area (Å²) in [4.78, 5) is 15.3. The van der Waals surface area contributed by atoms with E-state index < -0.39 is 11.9 Å². The molecule has 0 fully saturated rings. The third-order valence-corrected chi connectivity index (χ3v) is 2.40. The van der Waals surface area contributed by atoms with E-state index in [1.807, 2.05) is 0 Å². The zero-order valence-corrected chi connectivity index (χ0v) is 9.41. The molecule has 5 heteroatoms. The maximum Gasteiger partial charge on any atom is 0.258 e. The highest BCUT2D eigenvalue weighted by atomic mass is 35.5. The van der Waals surface area contributed by atoms with Crippen molar-refractivity contribution in [2.24, 2.45) is 0 Å². The Kier molecular flexibility index (Phi) is 3.35. The predicted molar refractivity (Wildman–Crippen MR) is 63.6 cm³/mol. The first-order chi connectivity index (χ1) is 8.16. The van der Waals surface area contributed by atoms with Gasteiger partial charge < -0.3 is 5.32 Å². The van der Waals surface area contributed by atoms with Crippen molar-refractivity contribution in [1.82, 2.24) is 4.98 Å². The summed E-state index contributed by atoms with van der Waals surface area (Å²) in [5, 5.41) is 2.80. The minimum absolute atomic E-state index is 0.148. The van der Waals surface area contributed by atoms with Gasteiger partial charge in [-0.1, -0.05) is 29.8 Å². The van der Waals surface area contributed by atoms with Crippen LogP contribution in [0.25, 0.3) is 0 Å². The molecule has 0 spiro atoms. The standard InChI is InChI=1S/C12H8ClFN2O/c13-9-5-2-1-4-8(9)12(17)16-11-7-3-6-10(14)15-11/h1-7H,(H,15,16,17). The molecule has 1 N–H and O–H groups in total. The van der Waals surface area contributed by atoms with Crippen LogP contribution in [0.15, 0.2) is 42.5 Å². The first-order valence-electron chi connectivity index (χ1n) is 4.85. The molecule has 2 rings (SSSR count). The summed E-state index contributed by atoms with van der Waals surface area (Å²) in [5.41, 5.74) is 0.320. The number of halogens is 2. The second-order valence-corrected chi connectivity index (χ2v) is 3.69. The van der Waals surface area contributed by atoms with Crippen molar-refractivity contribution < 1.29 is 9.18 Å². The van der Waals surface area contributed by atoms with Crippen molar-refractivity contribution in [3.63, 3.8) is 0 Å². The smallest absolute Gasteiger partial charge is 0.258 e. The van der Waals surface area contributed by atoms with Crippen LogP contribution in [0.5, 0.6) is 0 Å². The molecule has 2 aromatic rings. The highest BCUT2D eigenvalue weighted by Gasteiger charge is 2.10. The lowest BCUT2D eigenvalue weighted by atomic mass is 10.2. The van der Waals surface area contributed by atoms with Crippen molar-refractivity contribution in [3.8, 4) is 0 Å². The van der Waals surface area contributed by atoms with Crippen LogP contribution in [0.3, 0.4) is 0 Å². The third kappa shape index (κ3) is 2.79. The van der Waals surface area contributed by atoms with E-state index in [9.17, 15) is 9.18 Å². The van der Waals surface area contributed by atoms with E-state index in [-0.39, 0.29) is 5.82 Å². The molecule has 86 valence electrons. The molecular weight excluding hydrogens is 243 g/mol. The predicted octanol–water partition coefficient (Wildman–Crippen LogP) is 3.13. The summed E-state index contributed by atoms with van der Waals surface area (Å²) in [5.74, 6) is -0.925. The van der Waals surface area contributed by atoms with Gasteiger partial charge >= 0.3 is 0 Å². The molecule has 1 aromatic carbocycles. The molecule has 0 radical (unpaired) electrons. The number of amides is 1. The van der Waals surface area contributed by atoms with Crippen molar-refractivity contribution in [3.05, 3.63) is 59.0 Å². The Morgan fingerprint density at radius 2 is 1.94 bits per heavy atom. The van der Waals surface area contributed by atoms with Gasteiger partial charge in [0.2, 0.25) is 5.95 Å². The molecule has 1 amide bonds. The first-order valence-corrected chi connectivity index (χ1v) is 5.23. The molecule has 0 aliphatic rings. The highest BCUT2D eigenvalue weighted by Crippen LogP contribution is 2.16. The summed E-state index contributed by atoms with van der Waals surface area (Å²) >= 11 is 5.86. The normalized spacial score (nSPS) is 10.0. The average Bonchev–Trinajstić information content (AvgIpc) is 2.29. The van der Waals surface area contributed by atoms with Gasteiger partial charge in [0.25, 0.3) is 5.91 Å². The monoisotopic (exact) mass is 250 g/mol. The van der Waals surface area contributed by atoms with E-state index in [4.69, 9.17) is 11.6 Å². The Labute approximate surface area is 102 Å². The largest absolute Gasteiger partial charge is 0.306 e. The molecule has 0 aliphatic carbocycles. The van der Waals surface area contributed by atoms with Crippen molar-refractivity contribution in [2.45, 2.75) is 0 Å². The first kappa shape index (κ1) is 11.5. The molecule has 3 nitrogen and oxygen atoms in total. The van der Waals surface area contributed by atoms with Gasteiger partial charge in [-0.05, 0) is 24.3 Å². The minimum Gasteiger partial charge on any atom is -0.306 e. The Balaban J connectivity index is 2.20. The number of anilines is 1. The quantitative estimate of drug-likeness (QED) is 0.832. The summed E-state index contributed by atoms with van der Waals surface area (Å²) in [6.07, 6.45) is 0. The number of nitrogens with zero attached hydrogens (tertiary/aromatic N) is 1. The van der Waals surface area contributed by atoms with Gasteiger partial charge in [-0.2, -0.15) is 4.39 Å². The third-order valence-electron chi connectivity index (χ3n) is 2.08. The fourth-order valence-electron chi connectivity index (χ4n) is 1.31. The molecule has 17 heavy (non-hydrogen) atoms. The molecule has 1 aromatic heterocycles. The molecule has 0 aliphatic heterocycles. The second kappa shape index (κ2) is 4.93. The topological polar surface area (TPSA) is 42.0 Å². The minimum atomic E-state index is -0.651. The summed E-state index contributed by atoms with van der Waals surface area (Å²) < 4.78 is 12.8. The number of carbonyl (C=O) groups excluding carboxylic acids is 1. The van der Waals surface area contributed by atoms with E-state index in [0.29, 0.717) is 10.6 Å². The molecule has 0 unspecified atom stereocenters. The van der Waals surface area contributed by atoms with Crippen LogP contribution < -0.4 is 5.32 Å². The van der Waals surface area contributed by atoms with Crippen LogP contribution >= 0.6 is 11.6 Å². The van der Waals surface area contributed by atoms with Gasteiger partial charge in [0.15, 0.2) is 0 Å². The van der Waals surface area contributed by atoms with Gasteiger partial charge in [0.05, 0.1) is 10.6 Å². The van der Waals surface area contributed by atoms with Crippen molar-refractivity contribution in [1.29, 1.82) is 0 Å². The maximum absolute atomic E-state index is 12.8. The summed E-state index contributed by atoms with van der Waals surface area (Å²) in [6, 6.07) is 10.8. The summed E-state index contributed by atoms with van der Waals surface area (Å²) in [6.45, 7) is 0. The fraction of sp³-hybridized carbons (Fsp3) is 0. The van der Waals surface area contributed by atoms with E-state index >= 15 is 0 Å². The fourth-order valence-corrected chi connectivity index (χ4v) is 1.53. The molecular formula is C12H8ClFN2O. The van der Waals surface area contributed by atoms with Crippen LogP contribution in [0.1, 0.15) is 10.4 Å². The lowest BCUT2D eigenvalue weighted by molar-refractivity contribution is 0.102. The number of hydrogen-bond donors (Lipinski definition) is 1.